The van der Waals surface area contributed by atoms with Crippen molar-refractivity contribution in [2.24, 2.45) is 0 Å². The molecule has 0 aliphatic heterocycles. The van der Waals surface area contributed by atoms with E-state index >= 15 is 0 Å². The Balaban J connectivity index is 1.54. The second-order valence-electron chi connectivity index (χ2n) is 10.6. The number of rotatable bonds is 2. The monoisotopic (exact) mass is 426 g/mol. The maximum atomic E-state index is 3.53. The second kappa shape index (κ2) is 6.86. The fraction of sp³-hybridized carbons (Fsp3) is 0.286. The van der Waals surface area contributed by atoms with Crippen molar-refractivity contribution in [1.82, 2.24) is 9.97 Å². The van der Waals surface area contributed by atoms with E-state index in [1.54, 1.807) is 0 Å². The molecular formula is C28H30N2S. The number of H-pyrrole nitrogens is 2. The van der Waals surface area contributed by atoms with Gasteiger partial charge < -0.3 is 9.97 Å². The molecule has 3 heteroatoms. The van der Waals surface area contributed by atoms with Gasteiger partial charge >= 0.3 is 0 Å². The lowest BCUT2D eigenvalue weighted by atomic mass is 9.86. The first-order valence-corrected chi connectivity index (χ1v) is 11.8. The van der Waals surface area contributed by atoms with Crippen molar-refractivity contribution in [3.8, 4) is 21.1 Å². The van der Waals surface area contributed by atoms with Gasteiger partial charge in [0.1, 0.15) is 0 Å². The highest BCUT2D eigenvalue weighted by Crippen LogP contribution is 2.40. The van der Waals surface area contributed by atoms with Crippen LogP contribution in [0, 0.1) is 0 Å². The molecule has 31 heavy (non-hydrogen) atoms. The van der Waals surface area contributed by atoms with Crippen molar-refractivity contribution >= 4 is 32.9 Å². The largest absolute Gasteiger partial charge is 0.359 e. The molecule has 2 aromatic carbocycles. The maximum Gasteiger partial charge on any atom is 0.0635 e. The highest BCUT2D eigenvalue weighted by atomic mass is 32.1. The van der Waals surface area contributed by atoms with Crippen LogP contribution in [0.15, 0.2) is 60.9 Å². The summed E-state index contributed by atoms with van der Waals surface area (Å²) in [6, 6.07) is 18.2. The van der Waals surface area contributed by atoms with Crippen molar-refractivity contribution < 1.29 is 0 Å². The van der Waals surface area contributed by atoms with Crippen LogP contribution in [-0.4, -0.2) is 9.97 Å². The molecule has 0 spiro atoms. The van der Waals surface area contributed by atoms with E-state index < -0.39 is 0 Å². The Kier molecular flexibility index (Phi) is 4.46. The predicted molar refractivity (Wildman–Crippen MR) is 136 cm³/mol. The number of thiophene rings is 1. The summed E-state index contributed by atoms with van der Waals surface area (Å²) in [6.45, 7) is 13.6. The molecule has 5 rings (SSSR count). The molecule has 158 valence electrons. The molecule has 0 aliphatic rings. The molecule has 0 saturated heterocycles. The Morgan fingerprint density at radius 2 is 1.00 bits per heavy atom. The van der Waals surface area contributed by atoms with Gasteiger partial charge in [0.15, 0.2) is 0 Å². The van der Waals surface area contributed by atoms with E-state index in [9.17, 15) is 0 Å². The Labute approximate surface area is 188 Å². The minimum atomic E-state index is 0.156. The van der Waals surface area contributed by atoms with Crippen molar-refractivity contribution in [3.05, 3.63) is 72.1 Å². The molecule has 0 atom stereocenters. The van der Waals surface area contributed by atoms with E-state index in [0.717, 1.165) is 0 Å². The SMILES string of the molecule is CC(C)(C)c1ccc2c(-c3ccc(-c4[nH]cc5cc(C(C)(C)C)ccc45)s3)[nH]cc2c1. The number of hydrogen-bond acceptors (Lipinski definition) is 1. The summed E-state index contributed by atoms with van der Waals surface area (Å²) in [7, 11) is 0. The lowest BCUT2D eigenvalue weighted by molar-refractivity contribution is 0.591. The fourth-order valence-electron chi connectivity index (χ4n) is 4.22. The minimum Gasteiger partial charge on any atom is -0.359 e. The smallest absolute Gasteiger partial charge is 0.0635 e. The van der Waals surface area contributed by atoms with Crippen molar-refractivity contribution in [3.63, 3.8) is 0 Å². The van der Waals surface area contributed by atoms with Crippen LogP contribution >= 0.6 is 11.3 Å². The first kappa shape index (κ1) is 20.1. The fourth-order valence-corrected chi connectivity index (χ4v) is 5.27. The van der Waals surface area contributed by atoms with E-state index in [4.69, 9.17) is 0 Å². The van der Waals surface area contributed by atoms with Gasteiger partial charge in [-0.05, 0) is 46.2 Å². The Hall–Kier alpha value is -2.78. The van der Waals surface area contributed by atoms with Crippen molar-refractivity contribution in [2.75, 3.05) is 0 Å². The van der Waals surface area contributed by atoms with E-state index in [-0.39, 0.29) is 10.8 Å². The minimum absolute atomic E-state index is 0.156. The zero-order chi connectivity index (χ0) is 22.0. The normalized spacial score (nSPS) is 12.8. The third-order valence-electron chi connectivity index (χ3n) is 6.22. The van der Waals surface area contributed by atoms with E-state index in [1.165, 1.54) is 53.8 Å². The van der Waals surface area contributed by atoms with E-state index in [1.807, 2.05) is 11.3 Å². The number of hydrogen-bond donors (Lipinski definition) is 2. The molecule has 2 nitrogen and oxygen atoms in total. The molecule has 3 heterocycles. The number of fused-ring (bicyclic) bond motifs is 2. The van der Waals surface area contributed by atoms with Gasteiger partial charge in [0.2, 0.25) is 0 Å². The molecule has 5 aromatic rings. The van der Waals surface area contributed by atoms with E-state index in [0.29, 0.717) is 0 Å². The zero-order valence-corrected chi connectivity index (χ0v) is 20.0. The van der Waals surface area contributed by atoms with Gasteiger partial charge in [0.05, 0.1) is 21.1 Å². The topological polar surface area (TPSA) is 31.6 Å². The van der Waals surface area contributed by atoms with Gasteiger partial charge in [-0.15, -0.1) is 11.3 Å². The van der Waals surface area contributed by atoms with Crippen LogP contribution in [0.4, 0.5) is 0 Å². The first-order chi connectivity index (χ1) is 14.6. The van der Waals surface area contributed by atoms with Crippen LogP contribution in [0.3, 0.4) is 0 Å². The highest BCUT2D eigenvalue weighted by Gasteiger charge is 2.18. The van der Waals surface area contributed by atoms with Gasteiger partial charge in [-0.3, -0.25) is 0 Å². The highest BCUT2D eigenvalue weighted by molar-refractivity contribution is 7.19. The predicted octanol–water partition coefficient (Wildman–Crippen LogP) is 8.64. The van der Waals surface area contributed by atoms with Crippen molar-refractivity contribution in [1.29, 1.82) is 0 Å². The summed E-state index contributed by atoms with van der Waals surface area (Å²) in [6.07, 6.45) is 4.27. The summed E-state index contributed by atoms with van der Waals surface area (Å²) >= 11 is 1.84. The summed E-state index contributed by atoms with van der Waals surface area (Å²) < 4.78 is 0. The molecule has 0 saturated carbocycles. The second-order valence-corrected chi connectivity index (χ2v) is 11.7. The van der Waals surface area contributed by atoms with Gasteiger partial charge in [-0.2, -0.15) is 0 Å². The third-order valence-corrected chi connectivity index (χ3v) is 7.34. The van der Waals surface area contributed by atoms with Gasteiger partial charge in [-0.25, -0.2) is 0 Å². The van der Waals surface area contributed by atoms with Crippen LogP contribution in [0.1, 0.15) is 52.7 Å². The van der Waals surface area contributed by atoms with Crippen molar-refractivity contribution in [2.45, 2.75) is 52.4 Å². The van der Waals surface area contributed by atoms with Crippen LogP contribution in [0.2, 0.25) is 0 Å². The molecular weight excluding hydrogens is 396 g/mol. The average Bonchev–Trinajstić information content (AvgIpc) is 3.42. The van der Waals surface area contributed by atoms with Gasteiger partial charge in [0.25, 0.3) is 0 Å². The zero-order valence-electron chi connectivity index (χ0n) is 19.2. The van der Waals surface area contributed by atoms with Crippen LogP contribution < -0.4 is 0 Å². The van der Waals surface area contributed by atoms with Gasteiger partial charge in [-0.1, -0.05) is 65.8 Å². The molecule has 3 aromatic heterocycles. The molecule has 0 amide bonds. The molecule has 0 aliphatic carbocycles. The Morgan fingerprint density at radius 1 is 0.581 bits per heavy atom. The summed E-state index contributed by atoms with van der Waals surface area (Å²) in [5.74, 6) is 0. The van der Waals surface area contributed by atoms with Crippen LogP contribution in [0.5, 0.6) is 0 Å². The van der Waals surface area contributed by atoms with E-state index in [2.05, 4.69) is 112 Å². The Bertz CT molecular complexity index is 1290. The summed E-state index contributed by atoms with van der Waals surface area (Å²) in [5.41, 5.74) is 5.46. The quantitative estimate of drug-likeness (QED) is 0.283. The lowest BCUT2D eigenvalue weighted by Crippen LogP contribution is -2.10. The Morgan fingerprint density at radius 3 is 1.39 bits per heavy atom. The number of aromatic amines is 2. The molecule has 2 N–H and O–H groups in total. The number of benzene rings is 2. The molecule has 0 unspecified atom stereocenters. The molecule has 0 bridgehead atoms. The summed E-state index contributed by atoms with van der Waals surface area (Å²) in [5, 5.41) is 5.12. The van der Waals surface area contributed by atoms with Gasteiger partial charge in [0, 0.05) is 33.9 Å². The third kappa shape index (κ3) is 3.51. The maximum absolute atomic E-state index is 3.53. The number of aromatic nitrogens is 2. The summed E-state index contributed by atoms with van der Waals surface area (Å²) in [4.78, 5) is 9.59. The molecule has 0 radical (unpaired) electrons. The average molecular weight is 427 g/mol. The molecule has 0 fully saturated rings. The number of nitrogens with one attached hydrogen (secondary N) is 2. The first-order valence-electron chi connectivity index (χ1n) is 10.9. The van der Waals surface area contributed by atoms with Crippen LogP contribution in [-0.2, 0) is 10.8 Å². The lowest BCUT2D eigenvalue weighted by Gasteiger charge is -2.18. The van der Waals surface area contributed by atoms with Crippen LogP contribution in [0.25, 0.3) is 42.7 Å². The standard InChI is InChI=1S/C28H30N2S/c1-27(2,3)19-7-9-21-17(13-19)15-29-25(21)23-11-12-24(31-23)26-22-10-8-20(28(4,5)6)14-18(22)16-30-26/h7-16,29-30H,1-6H3.